The summed E-state index contributed by atoms with van der Waals surface area (Å²) in [5.41, 5.74) is 0.524. The molecule has 0 spiro atoms. The molecular formula is C10H6ClN3OS. The third-order valence-electron chi connectivity index (χ3n) is 1.77. The van der Waals surface area contributed by atoms with Crippen LogP contribution >= 0.6 is 23.4 Å². The summed E-state index contributed by atoms with van der Waals surface area (Å²) in [5.74, 6) is 0.507. The van der Waals surface area contributed by atoms with E-state index in [0.717, 1.165) is 4.90 Å². The summed E-state index contributed by atoms with van der Waals surface area (Å²) < 4.78 is 5.22. The van der Waals surface area contributed by atoms with Gasteiger partial charge >= 0.3 is 0 Å². The van der Waals surface area contributed by atoms with Gasteiger partial charge in [0, 0.05) is 11.8 Å². The van der Waals surface area contributed by atoms with Gasteiger partial charge in [-0.2, -0.15) is 5.26 Å². The summed E-state index contributed by atoms with van der Waals surface area (Å²) in [4.78, 5) is 0.782. The quantitative estimate of drug-likeness (QED) is 0.821. The minimum absolute atomic E-state index is 0.434. The van der Waals surface area contributed by atoms with Gasteiger partial charge in [-0.25, -0.2) is 0 Å². The topological polar surface area (TPSA) is 62.7 Å². The zero-order valence-corrected chi connectivity index (χ0v) is 9.84. The van der Waals surface area contributed by atoms with Gasteiger partial charge in [0.1, 0.15) is 0 Å². The molecule has 0 bridgehead atoms. The van der Waals surface area contributed by atoms with Gasteiger partial charge in [0.05, 0.1) is 16.7 Å². The van der Waals surface area contributed by atoms with Crippen LogP contribution in [0.2, 0.25) is 5.02 Å². The van der Waals surface area contributed by atoms with Gasteiger partial charge < -0.3 is 4.42 Å². The van der Waals surface area contributed by atoms with E-state index in [4.69, 9.17) is 21.3 Å². The van der Waals surface area contributed by atoms with Crippen LogP contribution in [-0.2, 0) is 0 Å². The molecule has 1 aromatic carbocycles. The Morgan fingerprint density at radius 1 is 1.44 bits per heavy atom. The lowest BCUT2D eigenvalue weighted by atomic mass is 10.2. The van der Waals surface area contributed by atoms with Gasteiger partial charge in [-0.3, -0.25) is 0 Å². The zero-order chi connectivity index (χ0) is 11.5. The monoisotopic (exact) mass is 251 g/mol. The molecule has 6 heteroatoms. The summed E-state index contributed by atoms with van der Waals surface area (Å²) in [7, 11) is 0. The Hall–Kier alpha value is -1.51. The van der Waals surface area contributed by atoms with E-state index in [-0.39, 0.29) is 0 Å². The first-order valence-electron chi connectivity index (χ1n) is 4.36. The number of aromatic nitrogens is 2. The maximum atomic E-state index is 8.69. The first-order chi connectivity index (χ1) is 7.69. The second-order valence-corrected chi connectivity index (χ2v) is 4.35. The van der Waals surface area contributed by atoms with Crippen LogP contribution < -0.4 is 0 Å². The van der Waals surface area contributed by atoms with E-state index in [1.807, 2.05) is 6.07 Å². The van der Waals surface area contributed by atoms with Gasteiger partial charge in [-0.05, 0) is 30.0 Å². The average Bonchev–Trinajstić information content (AvgIpc) is 2.67. The molecule has 0 atom stereocenters. The molecule has 0 radical (unpaired) electrons. The van der Waals surface area contributed by atoms with Crippen molar-refractivity contribution in [3.8, 4) is 6.07 Å². The number of hydrogen-bond acceptors (Lipinski definition) is 5. The first-order valence-corrected chi connectivity index (χ1v) is 5.56. The van der Waals surface area contributed by atoms with Crippen molar-refractivity contribution in [1.82, 2.24) is 10.2 Å². The average molecular weight is 252 g/mol. The van der Waals surface area contributed by atoms with E-state index in [0.29, 0.717) is 21.7 Å². The molecule has 0 N–H and O–H groups in total. The van der Waals surface area contributed by atoms with Crippen molar-refractivity contribution in [2.75, 3.05) is 0 Å². The van der Waals surface area contributed by atoms with Crippen LogP contribution in [0.1, 0.15) is 11.5 Å². The van der Waals surface area contributed by atoms with Crippen molar-refractivity contribution in [3.63, 3.8) is 0 Å². The zero-order valence-electron chi connectivity index (χ0n) is 8.27. The van der Waals surface area contributed by atoms with E-state index in [2.05, 4.69) is 10.2 Å². The van der Waals surface area contributed by atoms with Crippen molar-refractivity contribution < 1.29 is 4.42 Å². The second-order valence-electron chi connectivity index (χ2n) is 2.95. The highest BCUT2D eigenvalue weighted by Gasteiger charge is 2.08. The van der Waals surface area contributed by atoms with E-state index in [1.165, 1.54) is 11.8 Å². The van der Waals surface area contributed by atoms with Crippen LogP contribution in [0.5, 0.6) is 0 Å². The molecule has 0 fully saturated rings. The highest BCUT2D eigenvalue weighted by atomic mass is 35.5. The minimum atomic E-state index is 0.434. The van der Waals surface area contributed by atoms with Crippen molar-refractivity contribution in [1.29, 1.82) is 5.26 Å². The molecule has 0 aliphatic carbocycles. The third-order valence-corrected chi connectivity index (χ3v) is 3.11. The van der Waals surface area contributed by atoms with E-state index in [9.17, 15) is 0 Å². The van der Waals surface area contributed by atoms with Crippen LogP contribution in [0.3, 0.4) is 0 Å². The Balaban J connectivity index is 2.26. The summed E-state index contributed by atoms with van der Waals surface area (Å²) in [6.45, 7) is 1.72. The lowest BCUT2D eigenvalue weighted by molar-refractivity contribution is 0.429. The standard InChI is InChI=1S/C10H6ClN3OS/c1-6-13-14-10(15-6)16-9-3-2-7(5-12)4-8(9)11/h2-4H,1H3. The fraction of sp³-hybridized carbons (Fsp3) is 0.100. The highest BCUT2D eigenvalue weighted by Crippen LogP contribution is 2.32. The molecule has 2 rings (SSSR count). The molecule has 0 aliphatic heterocycles. The molecule has 2 aromatic rings. The maximum absolute atomic E-state index is 8.69. The van der Waals surface area contributed by atoms with Gasteiger partial charge in [-0.15, -0.1) is 10.2 Å². The van der Waals surface area contributed by atoms with Crippen LogP contribution in [0.4, 0.5) is 0 Å². The fourth-order valence-corrected chi connectivity index (χ4v) is 2.09. The fourth-order valence-electron chi connectivity index (χ4n) is 1.07. The molecule has 0 aliphatic rings. The smallest absolute Gasteiger partial charge is 0.281 e. The van der Waals surface area contributed by atoms with Crippen LogP contribution in [0.15, 0.2) is 32.7 Å². The third kappa shape index (κ3) is 2.35. The van der Waals surface area contributed by atoms with Crippen molar-refractivity contribution >= 4 is 23.4 Å². The molecule has 0 saturated heterocycles. The van der Waals surface area contributed by atoms with Gasteiger partial charge in [-0.1, -0.05) is 11.6 Å². The Morgan fingerprint density at radius 3 is 2.81 bits per heavy atom. The molecule has 1 heterocycles. The van der Waals surface area contributed by atoms with E-state index in [1.54, 1.807) is 25.1 Å². The minimum Gasteiger partial charge on any atom is -0.416 e. The Labute approximate surface area is 101 Å². The van der Waals surface area contributed by atoms with Gasteiger partial charge in [0.25, 0.3) is 5.22 Å². The van der Waals surface area contributed by atoms with E-state index >= 15 is 0 Å². The number of nitriles is 1. The molecule has 0 amide bonds. The highest BCUT2D eigenvalue weighted by molar-refractivity contribution is 7.99. The van der Waals surface area contributed by atoms with Crippen LogP contribution in [0.25, 0.3) is 0 Å². The maximum Gasteiger partial charge on any atom is 0.281 e. The predicted octanol–water partition coefficient (Wildman–Crippen LogP) is 3.05. The molecule has 80 valence electrons. The SMILES string of the molecule is Cc1nnc(Sc2ccc(C#N)cc2Cl)o1. The van der Waals surface area contributed by atoms with E-state index < -0.39 is 0 Å². The summed E-state index contributed by atoms with van der Waals surface area (Å²) >= 11 is 7.28. The lowest BCUT2D eigenvalue weighted by Gasteiger charge is -1.99. The van der Waals surface area contributed by atoms with Crippen molar-refractivity contribution in [2.24, 2.45) is 0 Å². The molecule has 0 saturated carbocycles. The molecular weight excluding hydrogens is 246 g/mol. The Kier molecular flexibility index (Phi) is 3.13. The summed E-state index contributed by atoms with van der Waals surface area (Å²) in [5, 5.41) is 17.2. The lowest BCUT2D eigenvalue weighted by Crippen LogP contribution is -1.79. The Morgan fingerprint density at radius 2 is 2.25 bits per heavy atom. The molecule has 0 unspecified atom stereocenters. The van der Waals surface area contributed by atoms with Crippen molar-refractivity contribution in [3.05, 3.63) is 34.7 Å². The normalized spacial score (nSPS) is 10.1. The second kappa shape index (κ2) is 4.56. The van der Waals surface area contributed by atoms with Gasteiger partial charge in [0.2, 0.25) is 5.89 Å². The molecule has 16 heavy (non-hydrogen) atoms. The van der Waals surface area contributed by atoms with Crippen molar-refractivity contribution in [2.45, 2.75) is 17.0 Å². The summed E-state index contributed by atoms with van der Waals surface area (Å²) in [6.07, 6.45) is 0. The number of nitrogens with zero attached hydrogens (tertiary/aromatic N) is 3. The number of aryl methyl sites for hydroxylation is 1. The van der Waals surface area contributed by atoms with Crippen LogP contribution in [0, 0.1) is 18.3 Å². The first kappa shape index (κ1) is 11.0. The number of halogens is 1. The number of hydrogen-bond donors (Lipinski definition) is 0. The largest absolute Gasteiger partial charge is 0.416 e. The van der Waals surface area contributed by atoms with Crippen LogP contribution in [-0.4, -0.2) is 10.2 Å². The van der Waals surface area contributed by atoms with Gasteiger partial charge in [0.15, 0.2) is 0 Å². The summed E-state index contributed by atoms with van der Waals surface area (Å²) in [6, 6.07) is 7.07. The molecule has 1 aromatic heterocycles. The molecule has 4 nitrogen and oxygen atoms in total. The predicted molar refractivity (Wildman–Crippen MR) is 59.3 cm³/mol. The number of rotatable bonds is 2. The number of benzene rings is 1. The Bertz CT molecular complexity index is 561.